The molecule has 0 aromatic carbocycles. The first-order valence-corrected chi connectivity index (χ1v) is 4.73. The second-order valence-corrected chi connectivity index (χ2v) is 3.43. The zero-order valence-electron chi connectivity index (χ0n) is 8.93. The largest absolute Gasteiger partial charge is 0.480 e. The number of aliphatic carboxylic acids is 1. The summed E-state index contributed by atoms with van der Waals surface area (Å²) in [5, 5.41) is 15.2. The minimum Gasteiger partial charge on any atom is -0.480 e. The number of nitrogens with one attached hydrogen (secondary N) is 1. The Morgan fingerprint density at radius 2 is 2.25 bits per heavy atom. The fourth-order valence-corrected chi connectivity index (χ4v) is 1.40. The first kappa shape index (κ1) is 10.3. The molecule has 2 N–H and O–H groups in total. The van der Waals surface area contributed by atoms with Crippen molar-refractivity contribution in [1.29, 1.82) is 0 Å². The summed E-state index contributed by atoms with van der Waals surface area (Å²) in [6, 6.07) is 1.88. The van der Waals surface area contributed by atoms with E-state index in [1.54, 1.807) is 4.52 Å². The molecular weight excluding hydrogens is 210 g/mol. The normalized spacial score (nSPS) is 10.6. The van der Waals surface area contributed by atoms with Gasteiger partial charge in [0.2, 0.25) is 5.95 Å². The number of nitrogens with zero attached hydrogens (tertiary/aromatic N) is 4. The van der Waals surface area contributed by atoms with E-state index in [-0.39, 0.29) is 12.5 Å². The molecule has 7 nitrogen and oxygen atoms in total. The lowest BCUT2D eigenvalue weighted by atomic mass is 10.4. The summed E-state index contributed by atoms with van der Waals surface area (Å²) in [7, 11) is 0. The summed E-state index contributed by atoms with van der Waals surface area (Å²) < 4.78 is 1.57. The second-order valence-electron chi connectivity index (χ2n) is 3.43. The number of aromatic nitrogens is 4. The third kappa shape index (κ3) is 1.92. The average molecular weight is 221 g/mol. The number of aryl methyl sites for hydroxylation is 2. The molecule has 0 spiro atoms. The van der Waals surface area contributed by atoms with Crippen molar-refractivity contribution in [1.82, 2.24) is 19.6 Å². The van der Waals surface area contributed by atoms with E-state index in [0.717, 1.165) is 11.4 Å². The van der Waals surface area contributed by atoms with Gasteiger partial charge in [-0.3, -0.25) is 4.79 Å². The van der Waals surface area contributed by atoms with Crippen LogP contribution in [0.3, 0.4) is 0 Å². The lowest BCUT2D eigenvalue weighted by molar-refractivity contribution is -0.134. The molecular formula is C9H11N5O2. The molecule has 2 heterocycles. The van der Waals surface area contributed by atoms with Gasteiger partial charge in [-0.2, -0.15) is 9.50 Å². The van der Waals surface area contributed by atoms with Crippen LogP contribution in [0.5, 0.6) is 0 Å². The number of carboxylic acid groups (broad SMARTS) is 1. The Hall–Kier alpha value is -2.18. The molecule has 0 amide bonds. The molecule has 0 fully saturated rings. The van der Waals surface area contributed by atoms with E-state index in [9.17, 15) is 4.79 Å². The van der Waals surface area contributed by atoms with Gasteiger partial charge >= 0.3 is 5.97 Å². The molecule has 0 saturated carbocycles. The number of anilines is 1. The van der Waals surface area contributed by atoms with Crippen LogP contribution in [0.2, 0.25) is 0 Å². The van der Waals surface area contributed by atoms with Gasteiger partial charge in [0.25, 0.3) is 5.78 Å². The quantitative estimate of drug-likeness (QED) is 0.771. The minimum absolute atomic E-state index is 0.213. The molecule has 84 valence electrons. The Labute approximate surface area is 91.1 Å². The van der Waals surface area contributed by atoms with Crippen molar-refractivity contribution in [3.63, 3.8) is 0 Å². The molecule has 2 rings (SSSR count). The molecule has 7 heteroatoms. The van der Waals surface area contributed by atoms with Gasteiger partial charge in [0.15, 0.2) is 0 Å². The van der Waals surface area contributed by atoms with Gasteiger partial charge < -0.3 is 10.4 Å². The van der Waals surface area contributed by atoms with E-state index in [0.29, 0.717) is 5.78 Å². The SMILES string of the molecule is Cc1cc(C)n2nc(NCC(=O)O)nc2n1. The predicted octanol–water partition coefficient (Wildman–Crippen LogP) is 0.238. The molecule has 0 atom stereocenters. The van der Waals surface area contributed by atoms with Crippen LogP contribution in [0.15, 0.2) is 6.07 Å². The van der Waals surface area contributed by atoms with Crippen LogP contribution in [-0.2, 0) is 4.79 Å². The number of hydrogen-bond donors (Lipinski definition) is 2. The number of hydrogen-bond acceptors (Lipinski definition) is 5. The maximum atomic E-state index is 10.4. The Morgan fingerprint density at radius 3 is 2.94 bits per heavy atom. The fourth-order valence-electron chi connectivity index (χ4n) is 1.40. The third-order valence-corrected chi connectivity index (χ3v) is 2.02. The molecule has 16 heavy (non-hydrogen) atoms. The van der Waals surface area contributed by atoms with Crippen LogP contribution in [0, 0.1) is 13.8 Å². The van der Waals surface area contributed by atoms with Gasteiger partial charge in [-0.25, -0.2) is 4.98 Å². The van der Waals surface area contributed by atoms with Crippen LogP contribution in [0.1, 0.15) is 11.4 Å². The maximum Gasteiger partial charge on any atom is 0.322 e. The Balaban J connectivity index is 2.36. The minimum atomic E-state index is -0.959. The maximum absolute atomic E-state index is 10.4. The van der Waals surface area contributed by atoms with Crippen LogP contribution in [-0.4, -0.2) is 37.2 Å². The highest BCUT2D eigenvalue weighted by Gasteiger charge is 2.07. The number of carbonyl (C=O) groups is 1. The van der Waals surface area contributed by atoms with Gasteiger partial charge in [0.05, 0.1) is 0 Å². The molecule has 0 saturated heterocycles. The van der Waals surface area contributed by atoms with Gasteiger partial charge in [0, 0.05) is 11.4 Å². The highest BCUT2D eigenvalue weighted by molar-refractivity contribution is 5.71. The summed E-state index contributed by atoms with van der Waals surface area (Å²) in [6.45, 7) is 3.54. The van der Waals surface area contributed by atoms with E-state index in [4.69, 9.17) is 5.11 Å². The number of carboxylic acids is 1. The van der Waals surface area contributed by atoms with E-state index < -0.39 is 5.97 Å². The Bertz CT molecular complexity index is 548. The summed E-state index contributed by atoms with van der Waals surface area (Å²) >= 11 is 0. The molecule has 0 radical (unpaired) electrons. The predicted molar refractivity (Wildman–Crippen MR) is 56.4 cm³/mol. The fraction of sp³-hybridized carbons (Fsp3) is 0.333. The first-order valence-electron chi connectivity index (χ1n) is 4.73. The summed E-state index contributed by atoms with van der Waals surface area (Å²) in [5.74, 6) is -0.228. The van der Waals surface area contributed by atoms with Crippen molar-refractivity contribution in [3.05, 3.63) is 17.5 Å². The van der Waals surface area contributed by atoms with Crippen LogP contribution >= 0.6 is 0 Å². The van der Waals surface area contributed by atoms with Crippen molar-refractivity contribution in [2.45, 2.75) is 13.8 Å². The molecule has 0 unspecified atom stereocenters. The first-order chi connectivity index (χ1) is 7.56. The third-order valence-electron chi connectivity index (χ3n) is 2.02. The van der Waals surface area contributed by atoms with Gasteiger partial charge in [-0.05, 0) is 19.9 Å². The van der Waals surface area contributed by atoms with Gasteiger partial charge in [0.1, 0.15) is 6.54 Å². The highest BCUT2D eigenvalue weighted by atomic mass is 16.4. The zero-order valence-corrected chi connectivity index (χ0v) is 8.93. The molecule has 0 bridgehead atoms. The van der Waals surface area contributed by atoms with Crippen molar-refractivity contribution in [3.8, 4) is 0 Å². The van der Waals surface area contributed by atoms with Crippen LogP contribution in [0.25, 0.3) is 5.78 Å². The van der Waals surface area contributed by atoms with Gasteiger partial charge in [-0.15, -0.1) is 5.10 Å². The van der Waals surface area contributed by atoms with Crippen LogP contribution < -0.4 is 5.32 Å². The molecule has 0 aliphatic rings. The second kappa shape index (κ2) is 3.76. The lowest BCUT2D eigenvalue weighted by Gasteiger charge is -1.97. The molecule has 2 aromatic heterocycles. The standard InChI is InChI=1S/C9H11N5O2/c1-5-3-6(2)14-9(11-5)12-8(13-14)10-4-7(15)16/h3H,4H2,1-2H3,(H,10,13)(H,15,16). The topological polar surface area (TPSA) is 92.4 Å². The Kier molecular flexibility index (Phi) is 2.43. The Morgan fingerprint density at radius 1 is 1.50 bits per heavy atom. The zero-order chi connectivity index (χ0) is 11.7. The van der Waals surface area contributed by atoms with E-state index in [2.05, 4.69) is 20.4 Å². The van der Waals surface area contributed by atoms with E-state index >= 15 is 0 Å². The molecule has 0 aliphatic heterocycles. The summed E-state index contributed by atoms with van der Waals surface area (Å²) in [6.07, 6.45) is 0. The van der Waals surface area contributed by atoms with Crippen molar-refractivity contribution in [2.24, 2.45) is 0 Å². The molecule has 0 aliphatic carbocycles. The molecule has 2 aromatic rings. The van der Waals surface area contributed by atoms with Crippen LogP contribution in [0.4, 0.5) is 5.95 Å². The van der Waals surface area contributed by atoms with Gasteiger partial charge in [-0.1, -0.05) is 0 Å². The van der Waals surface area contributed by atoms with E-state index in [1.165, 1.54) is 0 Å². The van der Waals surface area contributed by atoms with Crippen molar-refractivity contribution >= 4 is 17.7 Å². The smallest absolute Gasteiger partial charge is 0.322 e. The highest BCUT2D eigenvalue weighted by Crippen LogP contribution is 2.07. The van der Waals surface area contributed by atoms with Crippen molar-refractivity contribution in [2.75, 3.05) is 11.9 Å². The number of rotatable bonds is 3. The summed E-state index contributed by atoms with van der Waals surface area (Å²) in [4.78, 5) is 18.6. The summed E-state index contributed by atoms with van der Waals surface area (Å²) in [5.41, 5.74) is 1.75. The number of fused-ring (bicyclic) bond motifs is 1. The monoisotopic (exact) mass is 221 g/mol. The average Bonchev–Trinajstić information content (AvgIpc) is 2.57. The van der Waals surface area contributed by atoms with Crippen molar-refractivity contribution < 1.29 is 9.90 Å². The lowest BCUT2D eigenvalue weighted by Crippen LogP contribution is -2.13. The van der Waals surface area contributed by atoms with E-state index in [1.807, 2.05) is 19.9 Å².